The first-order valence-electron chi connectivity index (χ1n) is 6.37. The van der Waals surface area contributed by atoms with Gasteiger partial charge in [0.2, 0.25) is 0 Å². The third-order valence-corrected chi connectivity index (χ3v) is 3.42. The first-order valence-corrected chi connectivity index (χ1v) is 6.37. The number of carbonyl (C=O) groups is 1. The Kier molecular flexibility index (Phi) is 2.91. The van der Waals surface area contributed by atoms with Crippen LogP contribution in [0.25, 0.3) is 0 Å². The summed E-state index contributed by atoms with van der Waals surface area (Å²) in [5.41, 5.74) is 8.31. The molecule has 0 saturated heterocycles. The summed E-state index contributed by atoms with van der Waals surface area (Å²) in [6.45, 7) is 0.855. The van der Waals surface area contributed by atoms with Gasteiger partial charge in [-0.05, 0) is 36.6 Å². The van der Waals surface area contributed by atoms with Crippen molar-refractivity contribution in [2.24, 2.45) is 5.73 Å². The van der Waals surface area contributed by atoms with Gasteiger partial charge in [-0.25, -0.2) is 4.98 Å². The van der Waals surface area contributed by atoms with Crippen LogP contribution in [0.2, 0.25) is 0 Å². The number of amides is 1. The summed E-state index contributed by atoms with van der Waals surface area (Å²) in [7, 11) is 0. The SMILES string of the molecule is NC(=O)c1cccnc1N1CCCc2ccccc21. The molecule has 0 aliphatic carbocycles. The maximum atomic E-state index is 11.5. The second-order valence-electron chi connectivity index (χ2n) is 4.62. The lowest BCUT2D eigenvalue weighted by molar-refractivity contribution is 0.100. The molecule has 19 heavy (non-hydrogen) atoms. The van der Waals surface area contributed by atoms with E-state index in [-0.39, 0.29) is 0 Å². The largest absolute Gasteiger partial charge is 0.365 e. The molecule has 1 aliphatic heterocycles. The van der Waals surface area contributed by atoms with Crippen LogP contribution in [0.5, 0.6) is 0 Å². The van der Waals surface area contributed by atoms with Crippen LogP contribution in [-0.2, 0) is 6.42 Å². The molecule has 1 amide bonds. The molecule has 4 nitrogen and oxygen atoms in total. The fraction of sp³-hybridized carbons (Fsp3) is 0.200. The number of primary amides is 1. The second kappa shape index (κ2) is 4.72. The molecule has 1 aromatic heterocycles. The highest BCUT2D eigenvalue weighted by atomic mass is 16.1. The molecule has 96 valence electrons. The molecular formula is C15H15N3O. The summed E-state index contributed by atoms with van der Waals surface area (Å²) in [6.07, 6.45) is 3.80. The molecule has 0 atom stereocenters. The standard InChI is InChI=1S/C15H15N3O/c16-14(19)12-7-3-9-17-15(12)18-10-4-6-11-5-1-2-8-13(11)18/h1-3,5,7-9H,4,6,10H2,(H2,16,19). The number of aromatic nitrogens is 1. The van der Waals surface area contributed by atoms with Crippen LogP contribution in [0, 0.1) is 0 Å². The van der Waals surface area contributed by atoms with Gasteiger partial charge in [-0.2, -0.15) is 0 Å². The Morgan fingerprint density at radius 2 is 2.05 bits per heavy atom. The van der Waals surface area contributed by atoms with Crippen molar-refractivity contribution in [1.29, 1.82) is 0 Å². The predicted molar refractivity (Wildman–Crippen MR) is 74.5 cm³/mol. The van der Waals surface area contributed by atoms with E-state index in [9.17, 15) is 4.79 Å². The van der Waals surface area contributed by atoms with Gasteiger partial charge in [-0.3, -0.25) is 4.79 Å². The maximum Gasteiger partial charge on any atom is 0.252 e. The van der Waals surface area contributed by atoms with Crippen LogP contribution in [0.1, 0.15) is 22.3 Å². The fourth-order valence-corrected chi connectivity index (χ4v) is 2.56. The molecule has 0 saturated carbocycles. The van der Waals surface area contributed by atoms with Crippen molar-refractivity contribution >= 4 is 17.4 Å². The van der Waals surface area contributed by atoms with Crippen LogP contribution < -0.4 is 10.6 Å². The predicted octanol–water partition coefficient (Wildman–Crippen LogP) is 2.26. The molecule has 0 unspecified atom stereocenters. The minimum atomic E-state index is -0.439. The van der Waals surface area contributed by atoms with E-state index in [0.717, 1.165) is 25.1 Å². The van der Waals surface area contributed by atoms with E-state index in [1.807, 2.05) is 12.1 Å². The number of aryl methyl sites for hydroxylation is 1. The van der Waals surface area contributed by atoms with Gasteiger partial charge in [0.15, 0.2) is 0 Å². The van der Waals surface area contributed by atoms with Crippen molar-refractivity contribution in [2.45, 2.75) is 12.8 Å². The van der Waals surface area contributed by atoms with E-state index >= 15 is 0 Å². The highest BCUT2D eigenvalue weighted by Crippen LogP contribution is 2.33. The first kappa shape index (κ1) is 11.7. The zero-order chi connectivity index (χ0) is 13.2. The Morgan fingerprint density at radius 3 is 2.89 bits per heavy atom. The van der Waals surface area contributed by atoms with Gasteiger partial charge >= 0.3 is 0 Å². The number of para-hydroxylation sites is 1. The molecule has 1 aliphatic rings. The third-order valence-electron chi connectivity index (χ3n) is 3.42. The van der Waals surface area contributed by atoms with Crippen LogP contribution >= 0.6 is 0 Å². The summed E-state index contributed by atoms with van der Waals surface area (Å²) in [5, 5.41) is 0. The van der Waals surface area contributed by atoms with E-state index < -0.39 is 5.91 Å². The molecule has 4 heteroatoms. The minimum Gasteiger partial charge on any atom is -0.365 e. The lowest BCUT2D eigenvalue weighted by Gasteiger charge is -2.31. The van der Waals surface area contributed by atoms with E-state index in [0.29, 0.717) is 11.4 Å². The van der Waals surface area contributed by atoms with Gasteiger partial charge in [0, 0.05) is 18.4 Å². The number of pyridine rings is 1. The topological polar surface area (TPSA) is 59.2 Å². The monoisotopic (exact) mass is 253 g/mol. The highest BCUT2D eigenvalue weighted by Gasteiger charge is 2.22. The van der Waals surface area contributed by atoms with Gasteiger partial charge in [-0.15, -0.1) is 0 Å². The van der Waals surface area contributed by atoms with Gasteiger partial charge in [0.25, 0.3) is 5.91 Å². The number of hydrogen-bond donors (Lipinski definition) is 1. The van der Waals surface area contributed by atoms with E-state index in [2.05, 4.69) is 22.0 Å². The summed E-state index contributed by atoms with van der Waals surface area (Å²) in [6, 6.07) is 11.7. The van der Waals surface area contributed by atoms with Crippen molar-refractivity contribution < 1.29 is 4.79 Å². The quantitative estimate of drug-likeness (QED) is 0.893. The first-order chi connectivity index (χ1) is 9.27. The Balaban J connectivity index is 2.12. The van der Waals surface area contributed by atoms with Crippen molar-refractivity contribution in [3.63, 3.8) is 0 Å². The molecule has 0 radical (unpaired) electrons. The maximum absolute atomic E-state index is 11.5. The average molecular weight is 253 g/mol. The molecule has 2 heterocycles. The summed E-state index contributed by atoms with van der Waals surface area (Å²) < 4.78 is 0. The fourth-order valence-electron chi connectivity index (χ4n) is 2.56. The number of hydrogen-bond acceptors (Lipinski definition) is 3. The lowest BCUT2D eigenvalue weighted by atomic mass is 10.0. The van der Waals surface area contributed by atoms with Crippen LogP contribution in [0.3, 0.4) is 0 Å². The Morgan fingerprint density at radius 1 is 1.21 bits per heavy atom. The molecular weight excluding hydrogens is 238 g/mol. The average Bonchev–Trinajstić information content (AvgIpc) is 2.46. The summed E-state index contributed by atoms with van der Waals surface area (Å²) >= 11 is 0. The number of rotatable bonds is 2. The smallest absolute Gasteiger partial charge is 0.252 e. The van der Waals surface area contributed by atoms with E-state index in [1.54, 1.807) is 18.3 Å². The number of nitrogens with zero attached hydrogens (tertiary/aromatic N) is 2. The van der Waals surface area contributed by atoms with Gasteiger partial charge in [0.05, 0.1) is 5.56 Å². The molecule has 2 aromatic rings. The number of nitrogens with two attached hydrogens (primary N) is 1. The number of benzene rings is 1. The second-order valence-corrected chi connectivity index (χ2v) is 4.62. The van der Waals surface area contributed by atoms with Crippen molar-refractivity contribution in [2.75, 3.05) is 11.4 Å². The normalized spacial score (nSPS) is 14.0. The van der Waals surface area contributed by atoms with Crippen LogP contribution in [0.15, 0.2) is 42.6 Å². The third kappa shape index (κ3) is 2.05. The molecule has 0 bridgehead atoms. The van der Waals surface area contributed by atoms with Gasteiger partial charge in [0.1, 0.15) is 5.82 Å². The molecule has 2 N–H and O–H groups in total. The molecule has 1 aromatic carbocycles. The summed E-state index contributed by atoms with van der Waals surface area (Å²) in [4.78, 5) is 18.0. The minimum absolute atomic E-state index is 0.439. The highest BCUT2D eigenvalue weighted by molar-refractivity contribution is 5.98. The van der Waals surface area contributed by atoms with Gasteiger partial charge < -0.3 is 10.6 Å². The number of anilines is 2. The van der Waals surface area contributed by atoms with Crippen molar-refractivity contribution in [3.8, 4) is 0 Å². The van der Waals surface area contributed by atoms with E-state index in [4.69, 9.17) is 5.73 Å². The Bertz CT molecular complexity index is 624. The molecule has 3 rings (SSSR count). The van der Waals surface area contributed by atoms with E-state index in [1.165, 1.54) is 5.56 Å². The number of fused-ring (bicyclic) bond motifs is 1. The van der Waals surface area contributed by atoms with Crippen LogP contribution in [0.4, 0.5) is 11.5 Å². The Hall–Kier alpha value is -2.36. The number of carbonyl (C=O) groups excluding carboxylic acids is 1. The van der Waals surface area contributed by atoms with Crippen molar-refractivity contribution in [3.05, 3.63) is 53.7 Å². The molecule has 0 fully saturated rings. The summed E-state index contributed by atoms with van der Waals surface area (Å²) in [5.74, 6) is 0.216. The zero-order valence-electron chi connectivity index (χ0n) is 10.5. The van der Waals surface area contributed by atoms with Crippen molar-refractivity contribution in [1.82, 2.24) is 4.98 Å². The zero-order valence-corrected chi connectivity index (χ0v) is 10.5. The van der Waals surface area contributed by atoms with Gasteiger partial charge in [-0.1, -0.05) is 18.2 Å². The van der Waals surface area contributed by atoms with Crippen LogP contribution in [-0.4, -0.2) is 17.4 Å². The Labute approximate surface area is 111 Å². The lowest BCUT2D eigenvalue weighted by Crippen LogP contribution is -2.28. The molecule has 0 spiro atoms.